The van der Waals surface area contributed by atoms with Crippen LogP contribution in [-0.4, -0.2) is 35.3 Å². The number of fused-ring (bicyclic) bond motifs is 1. The summed E-state index contributed by atoms with van der Waals surface area (Å²) in [6, 6.07) is 19.0. The minimum atomic E-state index is -0.342. The van der Waals surface area contributed by atoms with E-state index in [4.69, 9.17) is 0 Å². The van der Waals surface area contributed by atoms with Gasteiger partial charge in [-0.1, -0.05) is 35.9 Å². The number of hydrogen-bond acceptors (Lipinski definition) is 3. The number of benzene rings is 3. The first kappa shape index (κ1) is 23.1. The summed E-state index contributed by atoms with van der Waals surface area (Å²) in [5.41, 5.74) is 6.19. The number of nitrogens with one attached hydrogen (secondary N) is 1. The van der Waals surface area contributed by atoms with Gasteiger partial charge in [-0.2, -0.15) is 0 Å². The number of nitrogens with zero attached hydrogens (tertiary/aromatic N) is 2. The number of likely N-dealkylation sites (N-methyl/N-ethyl adjacent to an activating group) is 1. The molecule has 0 atom stereocenters. The summed E-state index contributed by atoms with van der Waals surface area (Å²) in [5.74, 6) is -0.914. The zero-order valence-corrected chi connectivity index (χ0v) is 19.6. The lowest BCUT2D eigenvalue weighted by molar-refractivity contribution is -0.116. The summed E-state index contributed by atoms with van der Waals surface area (Å²) in [6.45, 7) is 5.81. The van der Waals surface area contributed by atoms with Gasteiger partial charge in [-0.15, -0.1) is 0 Å². The largest absolute Gasteiger partial charge is 0.332 e. The molecule has 0 spiro atoms. The Morgan fingerprint density at radius 3 is 2.26 bits per heavy atom. The third-order valence-corrected chi connectivity index (χ3v) is 5.76. The predicted molar refractivity (Wildman–Crippen MR) is 133 cm³/mol. The quantitative estimate of drug-likeness (QED) is 0.421. The maximum absolute atomic E-state index is 13.4. The number of aromatic nitrogens is 1. The van der Waals surface area contributed by atoms with Crippen molar-refractivity contribution < 1.29 is 14.0 Å². The Morgan fingerprint density at radius 1 is 0.941 bits per heavy atom. The summed E-state index contributed by atoms with van der Waals surface area (Å²) < 4.78 is 13.4. The van der Waals surface area contributed by atoms with Crippen molar-refractivity contribution in [1.29, 1.82) is 0 Å². The van der Waals surface area contributed by atoms with E-state index in [9.17, 15) is 14.0 Å². The van der Waals surface area contributed by atoms with Crippen LogP contribution in [0.15, 0.2) is 66.7 Å². The number of amides is 2. The van der Waals surface area contributed by atoms with Crippen molar-refractivity contribution in [3.8, 4) is 11.3 Å². The van der Waals surface area contributed by atoms with Gasteiger partial charge in [-0.3, -0.25) is 9.59 Å². The molecular weight excluding hydrogens is 429 g/mol. The van der Waals surface area contributed by atoms with E-state index in [2.05, 4.69) is 10.3 Å². The van der Waals surface area contributed by atoms with Crippen molar-refractivity contribution in [2.24, 2.45) is 0 Å². The van der Waals surface area contributed by atoms with Crippen molar-refractivity contribution in [3.05, 3.63) is 94.8 Å². The second-order valence-corrected chi connectivity index (χ2v) is 8.56. The minimum Gasteiger partial charge on any atom is -0.332 e. The van der Waals surface area contributed by atoms with E-state index < -0.39 is 0 Å². The summed E-state index contributed by atoms with van der Waals surface area (Å²) in [5, 5.41) is 3.63. The number of carbonyl (C=O) groups excluding carboxylic acids is 2. The van der Waals surface area contributed by atoms with Crippen LogP contribution in [0.3, 0.4) is 0 Å². The number of para-hydroxylation sites is 1. The molecule has 2 amide bonds. The van der Waals surface area contributed by atoms with E-state index in [-0.39, 0.29) is 24.2 Å². The molecule has 0 unspecified atom stereocenters. The van der Waals surface area contributed by atoms with Gasteiger partial charge in [0.2, 0.25) is 5.91 Å². The fraction of sp³-hybridized carbons (Fsp3) is 0.179. The summed E-state index contributed by atoms with van der Waals surface area (Å²) in [7, 11) is 1.60. The van der Waals surface area contributed by atoms with Gasteiger partial charge in [-0.25, -0.2) is 9.37 Å². The number of anilines is 1. The predicted octanol–water partition coefficient (Wildman–Crippen LogP) is 5.68. The summed E-state index contributed by atoms with van der Waals surface area (Å²) in [6.07, 6.45) is 0. The molecule has 0 fully saturated rings. The molecule has 1 N–H and O–H groups in total. The van der Waals surface area contributed by atoms with Crippen molar-refractivity contribution in [1.82, 2.24) is 9.88 Å². The van der Waals surface area contributed by atoms with E-state index in [1.165, 1.54) is 17.0 Å². The Balaban J connectivity index is 1.61. The van der Waals surface area contributed by atoms with Crippen molar-refractivity contribution >= 4 is 28.4 Å². The van der Waals surface area contributed by atoms with Gasteiger partial charge >= 0.3 is 0 Å². The SMILES string of the molecule is Cc1cc(C)c(NC(=O)CN(C)C(=O)c2cc(-c3ccc(F)cc3)nc3ccccc23)c(C)c1. The van der Waals surface area contributed by atoms with Crippen molar-refractivity contribution in [2.45, 2.75) is 20.8 Å². The number of pyridine rings is 1. The lowest BCUT2D eigenvalue weighted by Gasteiger charge is -2.20. The van der Waals surface area contributed by atoms with Crippen molar-refractivity contribution in [2.75, 3.05) is 18.9 Å². The molecule has 4 aromatic rings. The van der Waals surface area contributed by atoms with Crippen molar-refractivity contribution in [3.63, 3.8) is 0 Å². The Bertz CT molecular complexity index is 1370. The van der Waals surface area contributed by atoms with Crippen LogP contribution in [0.5, 0.6) is 0 Å². The molecule has 1 heterocycles. The molecule has 6 heteroatoms. The van der Waals surface area contributed by atoms with E-state index in [0.29, 0.717) is 27.7 Å². The molecule has 1 aromatic heterocycles. The maximum atomic E-state index is 13.4. The standard InChI is InChI=1S/C28H26FN3O2/c1-17-13-18(2)27(19(3)14-17)31-26(33)16-32(4)28(34)23-15-25(20-9-11-21(29)12-10-20)30-24-8-6-5-7-22(23)24/h5-15H,16H2,1-4H3,(H,31,33). The zero-order valence-electron chi connectivity index (χ0n) is 19.6. The molecule has 0 aliphatic carbocycles. The molecule has 172 valence electrons. The number of hydrogen-bond donors (Lipinski definition) is 1. The fourth-order valence-corrected chi connectivity index (χ4v) is 4.17. The van der Waals surface area contributed by atoms with Crippen LogP contribution < -0.4 is 5.32 Å². The Hall–Kier alpha value is -4.06. The monoisotopic (exact) mass is 455 g/mol. The van der Waals surface area contributed by atoms with E-state index >= 15 is 0 Å². The number of rotatable bonds is 5. The van der Waals surface area contributed by atoms with Gasteiger partial charge in [0.25, 0.3) is 5.91 Å². The summed E-state index contributed by atoms with van der Waals surface area (Å²) in [4.78, 5) is 32.2. The average Bonchev–Trinajstić information content (AvgIpc) is 2.80. The van der Waals surface area contributed by atoms with E-state index in [1.807, 2.05) is 57.2 Å². The molecule has 5 nitrogen and oxygen atoms in total. The first-order valence-corrected chi connectivity index (χ1v) is 11.0. The molecule has 4 rings (SSSR count). The average molecular weight is 456 g/mol. The highest BCUT2D eigenvalue weighted by Gasteiger charge is 2.20. The highest BCUT2D eigenvalue weighted by Crippen LogP contribution is 2.26. The second kappa shape index (κ2) is 9.43. The summed E-state index contributed by atoms with van der Waals surface area (Å²) >= 11 is 0. The lowest BCUT2D eigenvalue weighted by Crippen LogP contribution is -2.35. The number of aryl methyl sites for hydroxylation is 3. The second-order valence-electron chi connectivity index (χ2n) is 8.56. The van der Waals surface area contributed by atoms with Crippen LogP contribution in [0.4, 0.5) is 10.1 Å². The minimum absolute atomic E-state index is 0.103. The Kier molecular flexibility index (Phi) is 6.41. The third-order valence-electron chi connectivity index (χ3n) is 5.76. The first-order chi connectivity index (χ1) is 16.2. The zero-order chi connectivity index (χ0) is 24.4. The number of halogens is 1. The van der Waals surface area contributed by atoms with Crippen LogP contribution in [-0.2, 0) is 4.79 Å². The van der Waals surface area contributed by atoms with Gasteiger partial charge in [0.15, 0.2) is 0 Å². The van der Waals surface area contributed by atoms with Gasteiger partial charge in [-0.05, 0) is 68.3 Å². The third kappa shape index (κ3) is 4.81. The van der Waals surface area contributed by atoms with Crippen LogP contribution >= 0.6 is 0 Å². The molecule has 0 aliphatic rings. The molecular formula is C28H26FN3O2. The fourth-order valence-electron chi connectivity index (χ4n) is 4.17. The maximum Gasteiger partial charge on any atom is 0.254 e. The van der Waals surface area contributed by atoms with Crippen LogP contribution in [0.2, 0.25) is 0 Å². The normalized spacial score (nSPS) is 10.9. The first-order valence-electron chi connectivity index (χ1n) is 11.0. The number of carbonyl (C=O) groups is 2. The molecule has 34 heavy (non-hydrogen) atoms. The molecule has 0 saturated heterocycles. The topological polar surface area (TPSA) is 62.3 Å². The highest BCUT2D eigenvalue weighted by atomic mass is 19.1. The molecule has 3 aromatic carbocycles. The van der Waals surface area contributed by atoms with Gasteiger partial charge in [0.05, 0.1) is 23.3 Å². The Labute approximate surface area is 198 Å². The van der Waals surface area contributed by atoms with E-state index in [0.717, 1.165) is 22.4 Å². The lowest BCUT2D eigenvalue weighted by atomic mass is 10.0. The highest BCUT2D eigenvalue weighted by molar-refractivity contribution is 6.08. The van der Waals surface area contributed by atoms with Crippen LogP contribution in [0.1, 0.15) is 27.0 Å². The molecule has 0 saturated carbocycles. The van der Waals surface area contributed by atoms with Crippen LogP contribution in [0, 0.1) is 26.6 Å². The molecule has 0 aliphatic heterocycles. The van der Waals surface area contributed by atoms with Gasteiger partial charge < -0.3 is 10.2 Å². The van der Waals surface area contributed by atoms with E-state index in [1.54, 1.807) is 25.2 Å². The Morgan fingerprint density at radius 2 is 1.59 bits per heavy atom. The molecule has 0 bridgehead atoms. The van der Waals surface area contributed by atoms with Gasteiger partial charge in [0.1, 0.15) is 5.82 Å². The van der Waals surface area contributed by atoms with Crippen LogP contribution in [0.25, 0.3) is 22.2 Å². The molecule has 0 radical (unpaired) electrons. The smallest absolute Gasteiger partial charge is 0.254 e. The van der Waals surface area contributed by atoms with Gasteiger partial charge in [0, 0.05) is 23.7 Å².